The minimum atomic E-state index is -0.546. The molecule has 0 aliphatic rings. The van der Waals surface area contributed by atoms with E-state index in [0.717, 1.165) is 0 Å². The Labute approximate surface area is 134 Å². The number of benzene rings is 2. The number of rotatable bonds is 5. The molecule has 0 heterocycles. The number of para-hydroxylation sites is 2. The Bertz CT molecular complexity index is 736. The lowest BCUT2D eigenvalue weighted by molar-refractivity contribution is -0.113. The topological polar surface area (TPSA) is 83.3 Å². The maximum atomic E-state index is 12.2. The van der Waals surface area contributed by atoms with E-state index in [0.29, 0.717) is 17.1 Å². The smallest absolute Gasteiger partial charge is 0.279 e. The summed E-state index contributed by atoms with van der Waals surface area (Å²) in [6.07, 6.45) is 0. The fourth-order valence-electron chi connectivity index (χ4n) is 1.81. The zero-order valence-corrected chi connectivity index (χ0v) is 12.9. The number of aliphatic hydroxyl groups is 1. The monoisotopic (exact) mass is 311 g/mol. The Morgan fingerprint density at radius 3 is 2.39 bits per heavy atom. The summed E-state index contributed by atoms with van der Waals surface area (Å²) < 4.78 is 5.16. The first-order valence-corrected chi connectivity index (χ1v) is 6.93. The molecule has 2 aromatic rings. The van der Waals surface area contributed by atoms with Crippen LogP contribution in [-0.2, 0) is 4.79 Å². The first kappa shape index (κ1) is 16.2. The summed E-state index contributed by atoms with van der Waals surface area (Å²) in [5.74, 6) is -0.249. The molecule has 1 amide bonds. The Balaban J connectivity index is 2.21. The summed E-state index contributed by atoms with van der Waals surface area (Å²) in [4.78, 5) is 12.2. The van der Waals surface area contributed by atoms with E-state index < -0.39 is 5.91 Å². The van der Waals surface area contributed by atoms with Crippen molar-refractivity contribution >= 4 is 17.3 Å². The van der Waals surface area contributed by atoms with Crippen molar-refractivity contribution in [2.75, 3.05) is 12.4 Å². The molecule has 6 heteroatoms. The molecular formula is C17H17N3O3. The SMILES string of the molecule is COc1ccccc1N=N/C(C(=O)Nc1ccccc1)=C(/C)O. The molecule has 0 aliphatic heterocycles. The number of aliphatic hydroxyl groups excluding tert-OH is 1. The number of carbonyl (C=O) groups excluding carboxylic acids is 1. The van der Waals surface area contributed by atoms with Gasteiger partial charge in [0.1, 0.15) is 17.2 Å². The van der Waals surface area contributed by atoms with Gasteiger partial charge >= 0.3 is 0 Å². The number of ether oxygens (including phenoxy) is 1. The molecule has 6 nitrogen and oxygen atoms in total. The van der Waals surface area contributed by atoms with Crippen molar-refractivity contribution in [1.29, 1.82) is 0 Å². The maximum Gasteiger partial charge on any atom is 0.279 e. The number of carbonyl (C=O) groups is 1. The molecule has 0 aliphatic carbocycles. The molecule has 0 saturated heterocycles. The number of methoxy groups -OCH3 is 1. The lowest BCUT2D eigenvalue weighted by Gasteiger charge is -2.06. The van der Waals surface area contributed by atoms with Crippen molar-refractivity contribution < 1.29 is 14.6 Å². The molecule has 0 radical (unpaired) electrons. The van der Waals surface area contributed by atoms with Crippen LogP contribution in [0.5, 0.6) is 5.75 Å². The van der Waals surface area contributed by atoms with Crippen LogP contribution in [0.1, 0.15) is 6.92 Å². The Hall–Kier alpha value is -3.15. The maximum absolute atomic E-state index is 12.2. The van der Waals surface area contributed by atoms with Gasteiger partial charge in [0.15, 0.2) is 5.70 Å². The van der Waals surface area contributed by atoms with Crippen LogP contribution in [0.25, 0.3) is 0 Å². The molecule has 23 heavy (non-hydrogen) atoms. The number of nitrogens with one attached hydrogen (secondary N) is 1. The van der Waals surface area contributed by atoms with Gasteiger partial charge in [-0.3, -0.25) is 4.79 Å². The third-order valence-electron chi connectivity index (χ3n) is 2.93. The third-order valence-corrected chi connectivity index (χ3v) is 2.93. The molecule has 118 valence electrons. The highest BCUT2D eigenvalue weighted by atomic mass is 16.5. The van der Waals surface area contributed by atoms with E-state index in [1.807, 2.05) is 6.07 Å². The van der Waals surface area contributed by atoms with Gasteiger partial charge in [-0.15, -0.1) is 10.2 Å². The van der Waals surface area contributed by atoms with Gasteiger partial charge in [0.05, 0.1) is 7.11 Å². The van der Waals surface area contributed by atoms with Gasteiger partial charge in [-0.2, -0.15) is 0 Å². The van der Waals surface area contributed by atoms with Crippen molar-refractivity contribution in [1.82, 2.24) is 0 Å². The first-order chi connectivity index (χ1) is 11.1. The van der Waals surface area contributed by atoms with Gasteiger partial charge in [-0.25, -0.2) is 0 Å². The van der Waals surface area contributed by atoms with Gasteiger partial charge < -0.3 is 15.2 Å². The van der Waals surface area contributed by atoms with Crippen LogP contribution in [0.4, 0.5) is 11.4 Å². The molecular weight excluding hydrogens is 294 g/mol. The normalized spacial score (nSPS) is 11.9. The first-order valence-electron chi connectivity index (χ1n) is 6.93. The summed E-state index contributed by atoms with van der Waals surface area (Å²) in [6, 6.07) is 15.9. The molecule has 0 saturated carbocycles. The van der Waals surface area contributed by atoms with Gasteiger partial charge in [-0.1, -0.05) is 30.3 Å². The second-order valence-corrected chi connectivity index (χ2v) is 4.63. The second kappa shape index (κ2) is 7.74. The second-order valence-electron chi connectivity index (χ2n) is 4.63. The van der Waals surface area contributed by atoms with Crippen LogP contribution in [-0.4, -0.2) is 18.1 Å². The molecule has 0 unspecified atom stereocenters. The highest BCUT2D eigenvalue weighted by Crippen LogP contribution is 2.27. The zero-order valence-electron chi connectivity index (χ0n) is 12.9. The fraction of sp³-hybridized carbons (Fsp3) is 0.118. The average molecular weight is 311 g/mol. The van der Waals surface area contributed by atoms with Crippen LogP contribution in [0.3, 0.4) is 0 Å². The average Bonchev–Trinajstić information content (AvgIpc) is 2.56. The lowest BCUT2D eigenvalue weighted by atomic mass is 10.3. The summed E-state index contributed by atoms with van der Waals surface area (Å²) in [6.45, 7) is 1.38. The van der Waals surface area contributed by atoms with E-state index in [1.165, 1.54) is 14.0 Å². The quantitative estimate of drug-likeness (QED) is 0.493. The Morgan fingerprint density at radius 1 is 1.09 bits per heavy atom. The Morgan fingerprint density at radius 2 is 1.74 bits per heavy atom. The predicted octanol–water partition coefficient (Wildman–Crippen LogP) is 4.21. The number of anilines is 1. The molecule has 2 aromatic carbocycles. The lowest BCUT2D eigenvalue weighted by Crippen LogP contribution is -2.14. The number of nitrogens with zero attached hydrogens (tertiary/aromatic N) is 2. The predicted molar refractivity (Wildman–Crippen MR) is 87.9 cm³/mol. The molecule has 0 atom stereocenters. The van der Waals surface area contributed by atoms with Crippen LogP contribution in [0.15, 0.2) is 76.3 Å². The van der Waals surface area contributed by atoms with Gasteiger partial charge in [-0.05, 0) is 31.2 Å². The molecule has 0 bridgehead atoms. The number of amides is 1. The van der Waals surface area contributed by atoms with Crippen LogP contribution < -0.4 is 10.1 Å². The van der Waals surface area contributed by atoms with E-state index in [-0.39, 0.29) is 11.5 Å². The highest BCUT2D eigenvalue weighted by Gasteiger charge is 2.13. The summed E-state index contributed by atoms with van der Waals surface area (Å²) >= 11 is 0. The summed E-state index contributed by atoms with van der Waals surface area (Å²) in [5, 5.41) is 20.2. The number of hydrogen-bond acceptors (Lipinski definition) is 5. The van der Waals surface area contributed by atoms with E-state index in [9.17, 15) is 9.90 Å². The third kappa shape index (κ3) is 4.41. The van der Waals surface area contributed by atoms with E-state index >= 15 is 0 Å². The van der Waals surface area contributed by atoms with Crippen molar-refractivity contribution in [2.24, 2.45) is 10.2 Å². The zero-order chi connectivity index (χ0) is 16.7. The highest BCUT2D eigenvalue weighted by molar-refractivity contribution is 6.03. The number of azo groups is 1. The van der Waals surface area contributed by atoms with Gasteiger partial charge in [0.25, 0.3) is 5.91 Å². The largest absolute Gasteiger partial charge is 0.510 e. The van der Waals surface area contributed by atoms with Crippen LogP contribution >= 0.6 is 0 Å². The summed E-state index contributed by atoms with van der Waals surface area (Å²) in [5.41, 5.74) is 0.893. The molecule has 0 spiro atoms. The fourth-order valence-corrected chi connectivity index (χ4v) is 1.81. The van der Waals surface area contributed by atoms with Crippen molar-refractivity contribution in [3.8, 4) is 5.75 Å². The number of allylic oxidation sites excluding steroid dienone is 1. The standard InChI is InChI=1S/C17H17N3O3/c1-12(21)16(17(22)18-13-8-4-3-5-9-13)20-19-14-10-6-7-11-15(14)23-2/h3-11,21H,1-2H3,(H,18,22)/b16-12-,20-19?. The minimum Gasteiger partial charge on any atom is -0.510 e. The summed E-state index contributed by atoms with van der Waals surface area (Å²) in [7, 11) is 1.52. The molecule has 0 aromatic heterocycles. The van der Waals surface area contributed by atoms with Crippen LogP contribution in [0.2, 0.25) is 0 Å². The molecule has 2 rings (SSSR count). The van der Waals surface area contributed by atoms with Gasteiger partial charge in [0.2, 0.25) is 0 Å². The van der Waals surface area contributed by atoms with Crippen molar-refractivity contribution in [3.05, 3.63) is 66.1 Å². The van der Waals surface area contributed by atoms with Crippen molar-refractivity contribution in [3.63, 3.8) is 0 Å². The Kier molecular flexibility index (Phi) is 5.46. The van der Waals surface area contributed by atoms with Crippen LogP contribution in [0, 0.1) is 0 Å². The molecule has 0 fully saturated rings. The van der Waals surface area contributed by atoms with E-state index in [2.05, 4.69) is 15.5 Å². The minimum absolute atomic E-state index is 0.167. The molecule has 2 N–H and O–H groups in total. The van der Waals surface area contributed by atoms with Crippen molar-refractivity contribution in [2.45, 2.75) is 6.92 Å². The number of hydrogen-bond donors (Lipinski definition) is 2. The van der Waals surface area contributed by atoms with E-state index in [1.54, 1.807) is 48.5 Å². The van der Waals surface area contributed by atoms with Gasteiger partial charge in [0, 0.05) is 5.69 Å². The van der Waals surface area contributed by atoms with E-state index in [4.69, 9.17) is 4.74 Å².